The molecule has 0 bridgehead atoms. The normalized spacial score (nSPS) is 11.7. The Kier molecular flexibility index (Phi) is 3.17. The highest BCUT2D eigenvalue weighted by Gasteiger charge is 2.17. The lowest BCUT2D eigenvalue weighted by atomic mass is 10.0. The van der Waals surface area contributed by atoms with Crippen molar-refractivity contribution in [2.75, 3.05) is 0 Å². The Hall–Kier alpha value is -3.13. The van der Waals surface area contributed by atoms with Crippen molar-refractivity contribution in [3.63, 3.8) is 0 Å². The minimum atomic E-state index is 1.05. The number of aromatic nitrogens is 2. The van der Waals surface area contributed by atoms with Crippen LogP contribution in [0, 0.1) is 13.8 Å². The van der Waals surface area contributed by atoms with Crippen molar-refractivity contribution in [1.29, 1.82) is 0 Å². The molecule has 0 aliphatic rings. The van der Waals surface area contributed by atoms with Crippen molar-refractivity contribution in [3.05, 3.63) is 78.0 Å². The van der Waals surface area contributed by atoms with Gasteiger partial charge in [0.05, 0.1) is 11.2 Å². The molecule has 2 heterocycles. The molecule has 0 aliphatic heterocycles. The number of nitrogens with zero attached hydrogens (tertiary/aromatic N) is 2. The van der Waals surface area contributed by atoms with Crippen molar-refractivity contribution in [1.82, 2.24) is 9.55 Å². The number of rotatable bonds is 1. The first-order valence-corrected chi connectivity index (χ1v) is 8.97. The fourth-order valence-electron chi connectivity index (χ4n) is 4.08. The zero-order valence-electron chi connectivity index (χ0n) is 15.2. The molecule has 0 fully saturated rings. The molecule has 0 amide bonds. The van der Waals surface area contributed by atoms with Gasteiger partial charge in [0.2, 0.25) is 0 Å². The lowest BCUT2D eigenvalue weighted by Crippen LogP contribution is -1.93. The van der Waals surface area contributed by atoms with Crippen LogP contribution in [0.3, 0.4) is 0 Å². The first kappa shape index (κ1) is 15.2. The van der Waals surface area contributed by atoms with E-state index in [1.165, 1.54) is 43.7 Å². The summed E-state index contributed by atoms with van der Waals surface area (Å²) in [6.45, 7) is 4.28. The van der Waals surface area contributed by atoms with Gasteiger partial charge < -0.3 is 4.57 Å². The van der Waals surface area contributed by atoms with Gasteiger partial charge in [0, 0.05) is 35.1 Å². The van der Waals surface area contributed by atoms with Crippen LogP contribution < -0.4 is 0 Å². The molecule has 0 saturated carbocycles. The van der Waals surface area contributed by atoms with Gasteiger partial charge >= 0.3 is 0 Å². The van der Waals surface area contributed by atoms with Gasteiger partial charge in [0.25, 0.3) is 0 Å². The maximum atomic E-state index is 4.82. The third-order valence-corrected chi connectivity index (χ3v) is 5.42. The van der Waals surface area contributed by atoms with Crippen LogP contribution >= 0.6 is 0 Å². The molecule has 26 heavy (non-hydrogen) atoms. The minimum Gasteiger partial charge on any atom is -0.342 e. The molecule has 0 atom stereocenters. The molecule has 0 N–H and O–H groups in total. The Bertz CT molecular complexity index is 1290. The second-order valence-electron chi connectivity index (χ2n) is 7.12. The van der Waals surface area contributed by atoms with Crippen molar-refractivity contribution in [3.8, 4) is 11.3 Å². The van der Waals surface area contributed by atoms with E-state index in [1.807, 2.05) is 6.20 Å². The largest absolute Gasteiger partial charge is 0.342 e. The minimum absolute atomic E-state index is 1.05. The molecule has 2 aromatic heterocycles. The monoisotopic (exact) mass is 336 g/mol. The summed E-state index contributed by atoms with van der Waals surface area (Å²) < 4.78 is 2.30. The van der Waals surface area contributed by atoms with Gasteiger partial charge in [0.1, 0.15) is 0 Å². The molecule has 0 spiro atoms. The Labute approximate surface area is 152 Å². The first-order valence-electron chi connectivity index (χ1n) is 8.97. The standard InChI is InChI=1S/C24H20N2/c1-15-8-10-18(11-9-15)23-24-21(16(2)14-25-23)22-19-7-5-4-6-17(19)12-13-20(22)26(24)3/h4-14H,1-3H3. The summed E-state index contributed by atoms with van der Waals surface area (Å²) in [6, 6.07) is 21.7. The van der Waals surface area contributed by atoms with E-state index in [2.05, 4.69) is 86.1 Å². The van der Waals surface area contributed by atoms with Crippen molar-refractivity contribution < 1.29 is 0 Å². The van der Waals surface area contributed by atoms with Crippen LogP contribution in [0.4, 0.5) is 0 Å². The number of hydrogen-bond donors (Lipinski definition) is 0. The molecule has 0 saturated heterocycles. The van der Waals surface area contributed by atoms with E-state index in [4.69, 9.17) is 4.98 Å². The topological polar surface area (TPSA) is 17.8 Å². The SMILES string of the molecule is Cc1ccc(-c2ncc(C)c3c4c5ccccc5ccc4n(C)c23)cc1. The molecule has 126 valence electrons. The third-order valence-electron chi connectivity index (χ3n) is 5.42. The van der Waals surface area contributed by atoms with Crippen LogP contribution in [0.15, 0.2) is 66.9 Å². The van der Waals surface area contributed by atoms with E-state index in [0.717, 1.165) is 11.3 Å². The molecule has 0 aliphatic carbocycles. The van der Waals surface area contributed by atoms with E-state index in [9.17, 15) is 0 Å². The molecular weight excluding hydrogens is 316 g/mol. The fourth-order valence-corrected chi connectivity index (χ4v) is 4.08. The van der Waals surface area contributed by atoms with Gasteiger partial charge in [-0.15, -0.1) is 0 Å². The summed E-state index contributed by atoms with van der Waals surface area (Å²) in [5.41, 5.74) is 7.16. The number of aryl methyl sites for hydroxylation is 3. The Morgan fingerprint density at radius 1 is 0.808 bits per heavy atom. The number of fused-ring (bicyclic) bond motifs is 5. The van der Waals surface area contributed by atoms with Gasteiger partial charge in [-0.25, -0.2) is 0 Å². The highest BCUT2D eigenvalue weighted by atomic mass is 15.0. The molecule has 5 aromatic rings. The highest BCUT2D eigenvalue weighted by Crippen LogP contribution is 2.39. The van der Waals surface area contributed by atoms with Crippen LogP contribution in [0.25, 0.3) is 43.8 Å². The van der Waals surface area contributed by atoms with Crippen molar-refractivity contribution in [2.24, 2.45) is 7.05 Å². The molecule has 3 aromatic carbocycles. The van der Waals surface area contributed by atoms with Crippen molar-refractivity contribution in [2.45, 2.75) is 13.8 Å². The summed E-state index contributed by atoms with van der Waals surface area (Å²) in [6.07, 6.45) is 2.01. The summed E-state index contributed by atoms with van der Waals surface area (Å²) >= 11 is 0. The average molecular weight is 336 g/mol. The van der Waals surface area contributed by atoms with Gasteiger partial charge in [-0.05, 0) is 36.2 Å². The summed E-state index contributed by atoms with van der Waals surface area (Å²) in [5, 5.41) is 5.22. The zero-order chi connectivity index (χ0) is 17.8. The lowest BCUT2D eigenvalue weighted by Gasteiger charge is -2.08. The second kappa shape index (κ2) is 5.43. The smallest absolute Gasteiger partial charge is 0.0945 e. The Morgan fingerprint density at radius 2 is 1.58 bits per heavy atom. The molecule has 5 rings (SSSR count). The maximum absolute atomic E-state index is 4.82. The second-order valence-corrected chi connectivity index (χ2v) is 7.12. The van der Waals surface area contributed by atoms with E-state index >= 15 is 0 Å². The fraction of sp³-hybridized carbons (Fsp3) is 0.125. The predicted molar refractivity (Wildman–Crippen MR) is 111 cm³/mol. The summed E-state index contributed by atoms with van der Waals surface area (Å²) in [7, 11) is 2.15. The molecule has 2 heteroatoms. The number of benzene rings is 3. The van der Waals surface area contributed by atoms with Crippen LogP contribution in [0.2, 0.25) is 0 Å². The van der Waals surface area contributed by atoms with Crippen LogP contribution in [0.1, 0.15) is 11.1 Å². The zero-order valence-corrected chi connectivity index (χ0v) is 15.2. The summed E-state index contributed by atoms with van der Waals surface area (Å²) in [4.78, 5) is 4.82. The van der Waals surface area contributed by atoms with E-state index in [0.29, 0.717) is 0 Å². The molecule has 2 nitrogen and oxygen atoms in total. The van der Waals surface area contributed by atoms with Gasteiger partial charge in [-0.2, -0.15) is 0 Å². The Morgan fingerprint density at radius 3 is 2.38 bits per heavy atom. The van der Waals surface area contributed by atoms with Crippen LogP contribution in [0.5, 0.6) is 0 Å². The van der Waals surface area contributed by atoms with E-state index in [-0.39, 0.29) is 0 Å². The molecule has 0 unspecified atom stereocenters. The van der Waals surface area contributed by atoms with Gasteiger partial charge in [-0.3, -0.25) is 4.98 Å². The number of pyridine rings is 1. The first-order chi connectivity index (χ1) is 12.6. The average Bonchev–Trinajstić information content (AvgIpc) is 2.97. The van der Waals surface area contributed by atoms with E-state index < -0.39 is 0 Å². The Balaban J connectivity index is 2.01. The predicted octanol–water partition coefficient (Wildman–Crippen LogP) is 6.16. The highest BCUT2D eigenvalue weighted by molar-refractivity contribution is 6.23. The maximum Gasteiger partial charge on any atom is 0.0945 e. The van der Waals surface area contributed by atoms with E-state index in [1.54, 1.807) is 0 Å². The van der Waals surface area contributed by atoms with Crippen LogP contribution in [-0.4, -0.2) is 9.55 Å². The summed E-state index contributed by atoms with van der Waals surface area (Å²) in [5.74, 6) is 0. The van der Waals surface area contributed by atoms with Crippen molar-refractivity contribution >= 4 is 32.6 Å². The lowest BCUT2D eigenvalue weighted by molar-refractivity contribution is 1.01. The van der Waals surface area contributed by atoms with Gasteiger partial charge in [0.15, 0.2) is 0 Å². The van der Waals surface area contributed by atoms with Crippen LogP contribution in [-0.2, 0) is 7.05 Å². The molecule has 0 radical (unpaired) electrons. The quantitative estimate of drug-likeness (QED) is 0.358. The number of hydrogen-bond acceptors (Lipinski definition) is 1. The molecular formula is C24H20N2. The van der Waals surface area contributed by atoms with Gasteiger partial charge in [-0.1, -0.05) is 60.2 Å². The third kappa shape index (κ3) is 2.02.